The molecule has 3 aromatic heterocycles. The summed E-state index contributed by atoms with van der Waals surface area (Å²) in [5.41, 5.74) is 0.626. The van der Waals surface area contributed by atoms with Crippen molar-refractivity contribution in [2.45, 2.75) is 25.6 Å². The molecule has 180 valence electrons. The molecule has 36 heavy (non-hydrogen) atoms. The van der Waals surface area contributed by atoms with Crippen molar-refractivity contribution in [1.29, 1.82) is 10.5 Å². The number of fused-ring (bicyclic) bond motifs is 1. The number of aromatic nitrogens is 4. The highest BCUT2D eigenvalue weighted by Gasteiger charge is 2.27. The van der Waals surface area contributed by atoms with Gasteiger partial charge in [-0.3, -0.25) is 4.79 Å². The van der Waals surface area contributed by atoms with Crippen LogP contribution in [-0.4, -0.2) is 49.1 Å². The van der Waals surface area contributed by atoms with Crippen LogP contribution in [0.3, 0.4) is 0 Å². The fraction of sp³-hybridized carbons (Fsp3) is 0.200. The van der Waals surface area contributed by atoms with E-state index in [-0.39, 0.29) is 5.56 Å². The molecule has 0 aliphatic heterocycles. The van der Waals surface area contributed by atoms with Gasteiger partial charge in [0.25, 0.3) is 5.91 Å². The van der Waals surface area contributed by atoms with Crippen molar-refractivity contribution in [3.8, 4) is 18.0 Å². The lowest BCUT2D eigenvalue weighted by atomic mass is 10.0. The summed E-state index contributed by atoms with van der Waals surface area (Å²) >= 11 is 0. The second-order valence-corrected chi connectivity index (χ2v) is 8.54. The number of nitriles is 2. The number of benzene rings is 1. The number of rotatable bonds is 7. The van der Waals surface area contributed by atoms with Crippen molar-refractivity contribution < 1.29 is 14.3 Å². The monoisotopic (exact) mass is 484 g/mol. The number of amides is 1. The predicted octanol–water partition coefficient (Wildman–Crippen LogP) is 3.14. The van der Waals surface area contributed by atoms with E-state index in [1.807, 2.05) is 6.07 Å². The van der Waals surface area contributed by atoms with Crippen LogP contribution in [0.25, 0.3) is 16.9 Å². The number of anilines is 2. The van der Waals surface area contributed by atoms with Crippen molar-refractivity contribution in [2.24, 2.45) is 0 Å². The fourth-order valence-electron chi connectivity index (χ4n) is 3.34. The Kier molecular flexibility index (Phi) is 6.59. The zero-order chi connectivity index (χ0) is 25.9. The van der Waals surface area contributed by atoms with E-state index in [1.54, 1.807) is 42.6 Å². The Balaban J connectivity index is 1.73. The summed E-state index contributed by atoms with van der Waals surface area (Å²) in [6.45, 7) is 2.23. The third-order valence-corrected chi connectivity index (χ3v) is 5.37. The number of halogens is 1. The first-order chi connectivity index (χ1) is 17.2. The van der Waals surface area contributed by atoms with Crippen LogP contribution in [0.2, 0.25) is 0 Å². The molecule has 0 saturated carbocycles. The van der Waals surface area contributed by atoms with Gasteiger partial charge in [-0.2, -0.15) is 20.3 Å². The zero-order valence-corrected chi connectivity index (χ0v) is 19.4. The van der Waals surface area contributed by atoms with Gasteiger partial charge >= 0.3 is 0 Å². The number of aliphatic hydroxyl groups is 1. The van der Waals surface area contributed by atoms with E-state index in [2.05, 4.69) is 31.8 Å². The van der Waals surface area contributed by atoms with Gasteiger partial charge in [0.2, 0.25) is 0 Å². The van der Waals surface area contributed by atoms with E-state index in [0.29, 0.717) is 39.4 Å². The number of pyridine rings is 2. The summed E-state index contributed by atoms with van der Waals surface area (Å²) in [6, 6.07) is 14.0. The molecule has 3 heterocycles. The van der Waals surface area contributed by atoms with Crippen molar-refractivity contribution in [2.75, 3.05) is 11.9 Å². The normalized spacial score (nSPS) is 11.9. The lowest BCUT2D eigenvalue weighted by molar-refractivity contribution is -0.00177. The number of hydrogen-bond donors (Lipinski definition) is 3. The Morgan fingerprint density at radius 1 is 1.14 bits per heavy atom. The van der Waals surface area contributed by atoms with Gasteiger partial charge in [0, 0.05) is 29.5 Å². The topological polar surface area (TPSA) is 153 Å². The highest BCUT2D eigenvalue weighted by atomic mass is 19.1. The number of carbonyl (C=O) groups is 1. The van der Waals surface area contributed by atoms with Gasteiger partial charge in [-0.15, -0.1) is 0 Å². The molecule has 0 aliphatic carbocycles. The maximum atomic E-state index is 14.2. The number of carbonyl (C=O) groups excluding carboxylic acids is 1. The Labute approximate surface area is 205 Å². The summed E-state index contributed by atoms with van der Waals surface area (Å²) in [5, 5.41) is 38.7. The van der Waals surface area contributed by atoms with Crippen molar-refractivity contribution in [3.05, 3.63) is 71.7 Å². The minimum atomic E-state index is -1.68. The van der Waals surface area contributed by atoms with Crippen molar-refractivity contribution >= 4 is 28.3 Å². The second kappa shape index (κ2) is 9.78. The van der Waals surface area contributed by atoms with Gasteiger partial charge in [-0.05, 0) is 38.1 Å². The molecule has 1 amide bonds. The molecular weight excluding hydrogens is 463 g/mol. The first kappa shape index (κ1) is 24.3. The number of alkyl halides is 1. The van der Waals surface area contributed by atoms with Gasteiger partial charge in [-0.1, -0.05) is 6.07 Å². The summed E-state index contributed by atoms with van der Waals surface area (Å²) in [6.07, 6.45) is 2.60. The van der Waals surface area contributed by atoms with Crippen LogP contribution in [-0.2, 0) is 0 Å². The SMILES string of the molecule is CC(C)(O)[C@H](F)CNC(=O)c1cnc(-n2ncc3cc(C#N)cnc32)cc1Nc1cccc(C#N)c1. The molecule has 0 unspecified atom stereocenters. The van der Waals surface area contributed by atoms with E-state index in [9.17, 15) is 19.6 Å². The molecule has 4 rings (SSSR count). The standard InChI is InChI=1S/C25H21FN8O2/c1-25(2,36)21(26)14-31-24(35)19-13-29-22(8-20(19)33-18-5-3-4-15(7-18)9-27)34-23-17(12-32-34)6-16(10-28)11-30-23/h3-8,11-13,21,36H,14H2,1-2H3,(H,29,33)(H,31,35)/t21-/m1/s1. The predicted molar refractivity (Wildman–Crippen MR) is 129 cm³/mol. The Hall–Kier alpha value is -4.87. The molecule has 0 aliphatic rings. The fourth-order valence-corrected chi connectivity index (χ4v) is 3.34. The van der Waals surface area contributed by atoms with E-state index >= 15 is 0 Å². The molecule has 0 saturated heterocycles. The summed E-state index contributed by atoms with van der Waals surface area (Å²) in [5.74, 6) is -0.278. The van der Waals surface area contributed by atoms with Gasteiger partial charge in [0.1, 0.15) is 12.2 Å². The van der Waals surface area contributed by atoms with Crippen molar-refractivity contribution in [1.82, 2.24) is 25.1 Å². The van der Waals surface area contributed by atoms with Crippen LogP contribution in [0.1, 0.15) is 35.3 Å². The molecule has 3 N–H and O–H groups in total. The largest absolute Gasteiger partial charge is 0.387 e. The molecule has 0 spiro atoms. The molecule has 0 radical (unpaired) electrons. The first-order valence-electron chi connectivity index (χ1n) is 10.9. The van der Waals surface area contributed by atoms with Crippen LogP contribution in [0.5, 0.6) is 0 Å². The lowest BCUT2D eigenvalue weighted by Crippen LogP contribution is -2.42. The number of nitrogens with zero attached hydrogens (tertiary/aromatic N) is 6. The minimum absolute atomic E-state index is 0.111. The summed E-state index contributed by atoms with van der Waals surface area (Å²) in [4.78, 5) is 21.6. The molecule has 4 aromatic rings. The van der Waals surface area contributed by atoms with Crippen LogP contribution < -0.4 is 10.6 Å². The quantitative estimate of drug-likeness (QED) is 0.362. The Morgan fingerprint density at radius 3 is 2.64 bits per heavy atom. The van der Waals surface area contributed by atoms with E-state index in [0.717, 1.165) is 0 Å². The zero-order valence-electron chi connectivity index (χ0n) is 19.4. The van der Waals surface area contributed by atoms with Crippen molar-refractivity contribution in [3.63, 3.8) is 0 Å². The van der Waals surface area contributed by atoms with Crippen LogP contribution in [0, 0.1) is 22.7 Å². The molecule has 1 aromatic carbocycles. The van der Waals surface area contributed by atoms with Gasteiger partial charge < -0.3 is 15.7 Å². The average molecular weight is 484 g/mol. The molecule has 0 bridgehead atoms. The number of nitrogens with one attached hydrogen (secondary N) is 2. The highest BCUT2D eigenvalue weighted by molar-refractivity contribution is 6.00. The molecule has 0 fully saturated rings. The van der Waals surface area contributed by atoms with Crippen LogP contribution in [0.15, 0.2) is 55.0 Å². The third kappa shape index (κ3) is 5.12. The Morgan fingerprint density at radius 2 is 1.92 bits per heavy atom. The lowest BCUT2D eigenvalue weighted by Gasteiger charge is -2.22. The Bertz CT molecular complexity index is 1530. The third-order valence-electron chi connectivity index (χ3n) is 5.37. The van der Waals surface area contributed by atoms with E-state index in [1.165, 1.54) is 30.9 Å². The minimum Gasteiger partial charge on any atom is -0.387 e. The summed E-state index contributed by atoms with van der Waals surface area (Å²) in [7, 11) is 0. The summed E-state index contributed by atoms with van der Waals surface area (Å²) < 4.78 is 15.7. The highest BCUT2D eigenvalue weighted by Crippen LogP contribution is 2.25. The first-order valence-corrected chi connectivity index (χ1v) is 10.9. The van der Waals surface area contributed by atoms with E-state index in [4.69, 9.17) is 5.26 Å². The van der Waals surface area contributed by atoms with Crippen LogP contribution in [0.4, 0.5) is 15.8 Å². The smallest absolute Gasteiger partial charge is 0.255 e. The van der Waals surface area contributed by atoms with Gasteiger partial charge in [0.05, 0.1) is 46.8 Å². The maximum absolute atomic E-state index is 14.2. The molecular formula is C25H21FN8O2. The number of hydrogen-bond acceptors (Lipinski definition) is 8. The van der Waals surface area contributed by atoms with Gasteiger partial charge in [0.15, 0.2) is 11.5 Å². The molecule has 10 nitrogen and oxygen atoms in total. The molecule has 1 atom stereocenters. The van der Waals surface area contributed by atoms with Gasteiger partial charge in [-0.25, -0.2) is 14.4 Å². The average Bonchev–Trinajstić information content (AvgIpc) is 3.29. The van der Waals surface area contributed by atoms with Crippen LogP contribution >= 0.6 is 0 Å². The second-order valence-electron chi connectivity index (χ2n) is 8.54. The van der Waals surface area contributed by atoms with E-state index < -0.39 is 24.2 Å². The molecule has 11 heteroatoms. The maximum Gasteiger partial charge on any atom is 0.255 e.